The Kier molecular flexibility index (Phi) is 7.11. The number of carbonyl (C=O) groups is 2. The van der Waals surface area contributed by atoms with Crippen LogP contribution in [-0.2, 0) is 14.3 Å². The highest BCUT2D eigenvalue weighted by Crippen LogP contribution is 2.09. The van der Waals surface area contributed by atoms with Crippen molar-refractivity contribution in [3.8, 4) is 0 Å². The van der Waals surface area contributed by atoms with Crippen LogP contribution in [0.5, 0.6) is 0 Å². The van der Waals surface area contributed by atoms with E-state index in [0.29, 0.717) is 32.7 Å². The van der Waals surface area contributed by atoms with Crippen molar-refractivity contribution >= 4 is 11.8 Å². The van der Waals surface area contributed by atoms with E-state index in [0.717, 1.165) is 6.42 Å². The van der Waals surface area contributed by atoms with Crippen molar-refractivity contribution in [2.45, 2.75) is 52.1 Å². The monoisotopic (exact) mass is 299 g/mol. The summed E-state index contributed by atoms with van der Waals surface area (Å²) in [6.45, 7) is 10.7. The summed E-state index contributed by atoms with van der Waals surface area (Å²) in [4.78, 5) is 26.1. The van der Waals surface area contributed by atoms with Crippen molar-refractivity contribution < 1.29 is 14.3 Å². The number of carbonyl (C=O) groups excluding carboxylic acids is 2. The molecule has 1 rings (SSSR count). The first-order chi connectivity index (χ1) is 9.85. The lowest BCUT2D eigenvalue weighted by atomic mass is 10.1. The number of amides is 2. The molecule has 2 N–H and O–H groups in total. The lowest BCUT2D eigenvalue weighted by molar-refractivity contribution is -0.148. The molecule has 1 unspecified atom stereocenters. The van der Waals surface area contributed by atoms with Crippen molar-refractivity contribution in [2.24, 2.45) is 0 Å². The Morgan fingerprint density at radius 2 is 2.00 bits per heavy atom. The Labute approximate surface area is 127 Å². The number of rotatable bonds is 6. The Bertz CT molecular complexity index is 353. The summed E-state index contributed by atoms with van der Waals surface area (Å²) < 4.78 is 5.35. The van der Waals surface area contributed by atoms with E-state index in [-0.39, 0.29) is 24.0 Å². The van der Waals surface area contributed by atoms with Crippen LogP contribution < -0.4 is 10.6 Å². The number of hydrogen-bond donors (Lipinski definition) is 2. The molecule has 1 fully saturated rings. The minimum Gasteiger partial charge on any atom is -0.377 e. The Hall–Kier alpha value is -1.14. The van der Waals surface area contributed by atoms with Gasteiger partial charge >= 0.3 is 0 Å². The van der Waals surface area contributed by atoms with Crippen LogP contribution in [0.25, 0.3) is 0 Å². The second-order valence-electron chi connectivity index (χ2n) is 6.40. The fourth-order valence-electron chi connectivity index (χ4n) is 2.17. The summed E-state index contributed by atoms with van der Waals surface area (Å²) in [5.41, 5.74) is -0.0107. The smallest absolute Gasteiger partial charge is 0.245 e. The molecule has 21 heavy (non-hydrogen) atoms. The van der Waals surface area contributed by atoms with Crippen molar-refractivity contribution in [2.75, 3.05) is 32.8 Å². The number of hydrogen-bond acceptors (Lipinski definition) is 4. The second-order valence-corrected chi connectivity index (χ2v) is 6.40. The maximum Gasteiger partial charge on any atom is 0.245 e. The number of nitrogens with zero attached hydrogens (tertiary/aromatic N) is 1. The van der Waals surface area contributed by atoms with Gasteiger partial charge < -0.3 is 20.3 Å². The molecule has 2 amide bonds. The summed E-state index contributed by atoms with van der Waals surface area (Å²) in [6, 6.07) is -0.493. The zero-order valence-corrected chi connectivity index (χ0v) is 13.7. The average molecular weight is 299 g/mol. The summed E-state index contributed by atoms with van der Waals surface area (Å²) >= 11 is 0. The van der Waals surface area contributed by atoms with E-state index in [2.05, 4.69) is 31.4 Å². The average Bonchev–Trinajstić information content (AvgIpc) is 2.43. The first-order valence-electron chi connectivity index (χ1n) is 7.75. The first-order valence-corrected chi connectivity index (χ1v) is 7.75. The van der Waals surface area contributed by atoms with Crippen LogP contribution >= 0.6 is 0 Å². The van der Waals surface area contributed by atoms with Crippen LogP contribution in [0, 0.1) is 0 Å². The van der Waals surface area contributed by atoms with Gasteiger partial charge in [0.1, 0.15) is 6.04 Å². The molecule has 0 aromatic rings. The molecule has 0 aromatic heterocycles. The SMILES string of the molecule is CCCNC(=O)C1COCCN1C(=O)CCNC(C)(C)C. The van der Waals surface area contributed by atoms with Crippen molar-refractivity contribution in [3.05, 3.63) is 0 Å². The standard InChI is InChI=1S/C15H29N3O3/c1-5-7-16-14(20)12-11-21-10-9-18(12)13(19)6-8-17-15(2,3)4/h12,17H,5-11H2,1-4H3,(H,16,20). The third-order valence-electron chi connectivity index (χ3n) is 3.29. The van der Waals surface area contributed by atoms with Crippen LogP contribution in [0.1, 0.15) is 40.5 Å². The van der Waals surface area contributed by atoms with E-state index in [9.17, 15) is 9.59 Å². The molecule has 0 aliphatic carbocycles. The topological polar surface area (TPSA) is 70.7 Å². The molecule has 0 spiro atoms. The molecule has 1 heterocycles. The third-order valence-corrected chi connectivity index (χ3v) is 3.29. The molecule has 1 atom stereocenters. The van der Waals surface area contributed by atoms with Gasteiger partial charge in [-0.1, -0.05) is 6.92 Å². The molecule has 0 radical (unpaired) electrons. The van der Waals surface area contributed by atoms with Gasteiger partial charge in [-0.3, -0.25) is 9.59 Å². The molecule has 0 aromatic carbocycles. The van der Waals surface area contributed by atoms with Gasteiger partial charge in [0, 0.05) is 31.6 Å². The maximum atomic E-state index is 12.3. The molecule has 0 bridgehead atoms. The molecule has 6 heteroatoms. The van der Waals surface area contributed by atoms with Gasteiger partial charge in [-0.15, -0.1) is 0 Å². The molecular weight excluding hydrogens is 270 g/mol. The molecule has 0 saturated carbocycles. The van der Waals surface area contributed by atoms with Crippen LogP contribution in [-0.4, -0.2) is 61.1 Å². The van der Waals surface area contributed by atoms with E-state index in [1.54, 1.807) is 4.90 Å². The molecule has 122 valence electrons. The van der Waals surface area contributed by atoms with Crippen molar-refractivity contribution in [1.29, 1.82) is 0 Å². The van der Waals surface area contributed by atoms with Gasteiger partial charge in [-0.25, -0.2) is 0 Å². The largest absolute Gasteiger partial charge is 0.377 e. The maximum absolute atomic E-state index is 12.3. The van der Waals surface area contributed by atoms with Crippen molar-refractivity contribution in [3.63, 3.8) is 0 Å². The predicted octanol–water partition coefficient (Wildman–Crippen LogP) is 0.518. The molecular formula is C15H29N3O3. The quantitative estimate of drug-likeness (QED) is 0.750. The van der Waals surface area contributed by atoms with Crippen LogP contribution in [0.4, 0.5) is 0 Å². The fourth-order valence-corrected chi connectivity index (χ4v) is 2.17. The Morgan fingerprint density at radius 3 is 2.62 bits per heavy atom. The van der Waals surface area contributed by atoms with E-state index >= 15 is 0 Å². The Morgan fingerprint density at radius 1 is 1.29 bits per heavy atom. The van der Waals surface area contributed by atoms with E-state index < -0.39 is 6.04 Å². The van der Waals surface area contributed by atoms with Crippen LogP contribution in [0.3, 0.4) is 0 Å². The summed E-state index contributed by atoms with van der Waals surface area (Å²) in [7, 11) is 0. The fraction of sp³-hybridized carbons (Fsp3) is 0.867. The lowest BCUT2D eigenvalue weighted by Gasteiger charge is -2.35. The van der Waals surface area contributed by atoms with Gasteiger partial charge in [0.15, 0.2) is 0 Å². The highest BCUT2D eigenvalue weighted by molar-refractivity contribution is 5.88. The summed E-state index contributed by atoms with van der Waals surface area (Å²) in [5.74, 6) is -0.111. The normalized spacial score (nSPS) is 19.4. The van der Waals surface area contributed by atoms with Crippen LogP contribution in [0.2, 0.25) is 0 Å². The minimum atomic E-state index is -0.493. The van der Waals surface area contributed by atoms with Gasteiger partial charge in [-0.2, -0.15) is 0 Å². The minimum absolute atomic E-state index is 0.00620. The van der Waals surface area contributed by atoms with E-state index in [4.69, 9.17) is 4.74 Å². The highest BCUT2D eigenvalue weighted by Gasteiger charge is 2.32. The zero-order chi connectivity index (χ0) is 15.9. The van der Waals surface area contributed by atoms with Gasteiger partial charge in [0.2, 0.25) is 11.8 Å². The van der Waals surface area contributed by atoms with Crippen LogP contribution in [0.15, 0.2) is 0 Å². The highest BCUT2D eigenvalue weighted by atomic mass is 16.5. The summed E-state index contributed by atoms with van der Waals surface area (Å²) in [6.07, 6.45) is 1.28. The Balaban J connectivity index is 2.51. The summed E-state index contributed by atoms with van der Waals surface area (Å²) in [5, 5.41) is 6.13. The van der Waals surface area contributed by atoms with E-state index in [1.165, 1.54) is 0 Å². The molecule has 1 saturated heterocycles. The predicted molar refractivity (Wildman–Crippen MR) is 82.0 cm³/mol. The number of ether oxygens (including phenoxy) is 1. The zero-order valence-electron chi connectivity index (χ0n) is 13.7. The first kappa shape index (κ1) is 17.9. The van der Waals surface area contributed by atoms with E-state index in [1.807, 2.05) is 6.92 Å². The van der Waals surface area contributed by atoms with Crippen molar-refractivity contribution in [1.82, 2.24) is 15.5 Å². The number of nitrogens with one attached hydrogen (secondary N) is 2. The molecule has 1 aliphatic rings. The third kappa shape index (κ3) is 6.44. The second kappa shape index (κ2) is 8.34. The lowest BCUT2D eigenvalue weighted by Crippen LogP contribution is -2.56. The van der Waals surface area contributed by atoms with Gasteiger partial charge in [0.25, 0.3) is 0 Å². The molecule has 6 nitrogen and oxygen atoms in total. The van der Waals surface area contributed by atoms with Gasteiger partial charge in [0.05, 0.1) is 13.2 Å². The number of morpholine rings is 1. The van der Waals surface area contributed by atoms with Gasteiger partial charge in [-0.05, 0) is 27.2 Å². The molecule has 1 aliphatic heterocycles.